The molecule has 1 heterocycles. The van der Waals surface area contributed by atoms with Gasteiger partial charge in [-0.15, -0.1) is 0 Å². The molecule has 1 aromatic rings. The Kier molecular flexibility index (Phi) is 5.37. The summed E-state index contributed by atoms with van der Waals surface area (Å²) in [6.45, 7) is 3.88. The van der Waals surface area contributed by atoms with E-state index in [0.29, 0.717) is 23.2 Å². The Labute approximate surface area is 126 Å². The quantitative estimate of drug-likeness (QED) is 0.906. The van der Waals surface area contributed by atoms with E-state index in [2.05, 4.69) is 21.2 Å². The van der Waals surface area contributed by atoms with Crippen LogP contribution in [-0.2, 0) is 4.74 Å². The molecule has 0 aromatic heterocycles. The molecular weight excluding hydrogens is 327 g/mol. The van der Waals surface area contributed by atoms with E-state index >= 15 is 0 Å². The van der Waals surface area contributed by atoms with E-state index in [1.165, 1.54) is 18.2 Å². The Balaban J connectivity index is 1.97. The Morgan fingerprint density at radius 3 is 3.00 bits per heavy atom. The predicted molar refractivity (Wildman–Crippen MR) is 79.3 cm³/mol. The SMILES string of the molecule is CCN(C[C@@H]1CCCO1)C(=O)Nc1ccc(F)cc1Br. The lowest BCUT2D eigenvalue weighted by Crippen LogP contribution is -2.40. The highest BCUT2D eigenvalue weighted by Crippen LogP contribution is 2.23. The highest BCUT2D eigenvalue weighted by molar-refractivity contribution is 9.10. The van der Waals surface area contributed by atoms with Gasteiger partial charge in [0, 0.05) is 24.2 Å². The van der Waals surface area contributed by atoms with Crippen LogP contribution in [0, 0.1) is 5.82 Å². The Hall–Kier alpha value is -1.14. The van der Waals surface area contributed by atoms with Gasteiger partial charge in [-0.1, -0.05) is 0 Å². The van der Waals surface area contributed by atoms with Crippen LogP contribution in [0.2, 0.25) is 0 Å². The first-order chi connectivity index (χ1) is 9.60. The van der Waals surface area contributed by atoms with E-state index in [1.54, 1.807) is 4.90 Å². The van der Waals surface area contributed by atoms with Gasteiger partial charge >= 0.3 is 6.03 Å². The van der Waals surface area contributed by atoms with E-state index in [9.17, 15) is 9.18 Å². The van der Waals surface area contributed by atoms with Crippen molar-refractivity contribution < 1.29 is 13.9 Å². The number of amides is 2. The van der Waals surface area contributed by atoms with Gasteiger partial charge in [-0.25, -0.2) is 9.18 Å². The molecule has 0 spiro atoms. The van der Waals surface area contributed by atoms with Crippen LogP contribution in [0.1, 0.15) is 19.8 Å². The number of nitrogens with zero attached hydrogens (tertiary/aromatic N) is 1. The van der Waals surface area contributed by atoms with Gasteiger partial charge in [0.25, 0.3) is 0 Å². The minimum atomic E-state index is -0.346. The molecule has 1 fully saturated rings. The van der Waals surface area contributed by atoms with Crippen LogP contribution in [-0.4, -0.2) is 36.7 Å². The maximum atomic E-state index is 13.0. The lowest BCUT2D eigenvalue weighted by atomic mass is 10.2. The summed E-state index contributed by atoms with van der Waals surface area (Å²) in [6.07, 6.45) is 2.16. The van der Waals surface area contributed by atoms with Crippen LogP contribution in [0.15, 0.2) is 22.7 Å². The minimum absolute atomic E-state index is 0.123. The second kappa shape index (κ2) is 7.04. The molecule has 6 heteroatoms. The smallest absolute Gasteiger partial charge is 0.321 e. The lowest BCUT2D eigenvalue weighted by molar-refractivity contribution is 0.0849. The van der Waals surface area contributed by atoms with Gasteiger partial charge in [0.1, 0.15) is 5.82 Å². The summed E-state index contributed by atoms with van der Waals surface area (Å²) in [7, 11) is 0. The number of benzene rings is 1. The average Bonchev–Trinajstić information content (AvgIpc) is 2.92. The average molecular weight is 345 g/mol. The second-order valence-corrected chi connectivity index (χ2v) is 5.58. The summed E-state index contributed by atoms with van der Waals surface area (Å²) in [5.41, 5.74) is 0.558. The molecule has 1 aromatic carbocycles. The van der Waals surface area contributed by atoms with Crippen molar-refractivity contribution in [2.75, 3.05) is 25.0 Å². The van der Waals surface area contributed by atoms with Gasteiger partial charge in [0.15, 0.2) is 0 Å². The van der Waals surface area contributed by atoms with E-state index in [0.717, 1.165) is 19.4 Å². The first kappa shape index (κ1) is 15.3. The summed E-state index contributed by atoms with van der Waals surface area (Å²) in [6, 6.07) is 3.98. The number of hydrogen-bond acceptors (Lipinski definition) is 2. The van der Waals surface area contributed by atoms with Gasteiger partial charge in [-0.3, -0.25) is 0 Å². The van der Waals surface area contributed by atoms with Crippen molar-refractivity contribution in [3.8, 4) is 0 Å². The highest BCUT2D eigenvalue weighted by Gasteiger charge is 2.21. The highest BCUT2D eigenvalue weighted by atomic mass is 79.9. The van der Waals surface area contributed by atoms with Crippen LogP contribution in [0.5, 0.6) is 0 Å². The Bertz CT molecular complexity index is 478. The fourth-order valence-corrected chi connectivity index (χ4v) is 2.62. The molecule has 0 saturated carbocycles. The summed E-state index contributed by atoms with van der Waals surface area (Å²) in [5.74, 6) is -0.346. The van der Waals surface area contributed by atoms with Crippen LogP contribution < -0.4 is 5.32 Å². The number of likely N-dealkylation sites (N-methyl/N-ethyl adjacent to an activating group) is 1. The molecule has 0 aliphatic carbocycles. The van der Waals surface area contributed by atoms with Gasteiger partial charge in [0.05, 0.1) is 11.8 Å². The first-order valence-corrected chi connectivity index (χ1v) is 7.52. The number of nitrogens with one attached hydrogen (secondary N) is 1. The molecule has 1 aliphatic rings. The number of ether oxygens (including phenoxy) is 1. The molecule has 2 amide bonds. The number of carbonyl (C=O) groups is 1. The van der Waals surface area contributed by atoms with Gasteiger partial charge in [-0.2, -0.15) is 0 Å². The van der Waals surface area contributed by atoms with Crippen LogP contribution >= 0.6 is 15.9 Å². The van der Waals surface area contributed by atoms with Crippen molar-refractivity contribution in [3.05, 3.63) is 28.5 Å². The molecule has 4 nitrogen and oxygen atoms in total. The standard InChI is InChI=1S/C14H18BrFN2O2/c1-2-18(9-11-4-3-7-20-11)14(19)17-13-6-5-10(16)8-12(13)15/h5-6,8,11H,2-4,7,9H2,1H3,(H,17,19)/t11-/m0/s1. The number of anilines is 1. The molecule has 20 heavy (non-hydrogen) atoms. The number of urea groups is 1. The molecule has 110 valence electrons. The largest absolute Gasteiger partial charge is 0.376 e. The van der Waals surface area contributed by atoms with Gasteiger partial charge in [-0.05, 0) is 53.9 Å². The molecule has 0 unspecified atom stereocenters. The van der Waals surface area contributed by atoms with Crippen molar-refractivity contribution >= 4 is 27.6 Å². The molecule has 1 atom stereocenters. The zero-order valence-corrected chi connectivity index (χ0v) is 13.0. The zero-order valence-electron chi connectivity index (χ0n) is 11.4. The maximum absolute atomic E-state index is 13.0. The lowest BCUT2D eigenvalue weighted by Gasteiger charge is -2.24. The summed E-state index contributed by atoms with van der Waals surface area (Å²) in [5, 5.41) is 2.78. The van der Waals surface area contributed by atoms with Crippen LogP contribution in [0.4, 0.5) is 14.9 Å². The molecule has 2 rings (SSSR count). The second-order valence-electron chi connectivity index (χ2n) is 4.73. The topological polar surface area (TPSA) is 41.6 Å². The predicted octanol–water partition coefficient (Wildman–Crippen LogP) is 3.62. The van der Waals surface area contributed by atoms with Crippen molar-refractivity contribution in [2.24, 2.45) is 0 Å². The monoisotopic (exact) mass is 344 g/mol. The van der Waals surface area contributed by atoms with Crippen LogP contribution in [0.3, 0.4) is 0 Å². The van der Waals surface area contributed by atoms with Gasteiger partial charge < -0.3 is 15.0 Å². The first-order valence-electron chi connectivity index (χ1n) is 6.72. The van der Waals surface area contributed by atoms with E-state index in [1.807, 2.05) is 6.92 Å². The summed E-state index contributed by atoms with van der Waals surface area (Å²) in [4.78, 5) is 13.9. The number of carbonyl (C=O) groups excluding carboxylic acids is 1. The molecule has 1 N–H and O–H groups in total. The molecular formula is C14H18BrFN2O2. The molecule has 0 radical (unpaired) electrons. The Morgan fingerprint density at radius 1 is 1.60 bits per heavy atom. The third-order valence-electron chi connectivity index (χ3n) is 3.29. The molecule has 1 aliphatic heterocycles. The number of rotatable bonds is 4. The van der Waals surface area contributed by atoms with Crippen molar-refractivity contribution in [1.82, 2.24) is 4.90 Å². The summed E-state index contributed by atoms with van der Waals surface area (Å²) < 4.78 is 19.1. The third-order valence-corrected chi connectivity index (χ3v) is 3.95. The fourth-order valence-electron chi connectivity index (χ4n) is 2.17. The normalized spacial score (nSPS) is 18.1. The third kappa shape index (κ3) is 3.93. The van der Waals surface area contributed by atoms with Crippen molar-refractivity contribution in [3.63, 3.8) is 0 Å². The fraction of sp³-hybridized carbons (Fsp3) is 0.500. The van der Waals surface area contributed by atoms with E-state index in [4.69, 9.17) is 4.74 Å². The summed E-state index contributed by atoms with van der Waals surface area (Å²) >= 11 is 3.24. The molecule has 0 bridgehead atoms. The van der Waals surface area contributed by atoms with E-state index < -0.39 is 0 Å². The Morgan fingerprint density at radius 2 is 2.40 bits per heavy atom. The maximum Gasteiger partial charge on any atom is 0.321 e. The molecule has 1 saturated heterocycles. The van der Waals surface area contributed by atoms with E-state index in [-0.39, 0.29) is 18.0 Å². The van der Waals surface area contributed by atoms with Crippen LogP contribution in [0.25, 0.3) is 0 Å². The van der Waals surface area contributed by atoms with Crippen molar-refractivity contribution in [2.45, 2.75) is 25.9 Å². The van der Waals surface area contributed by atoms with Crippen molar-refractivity contribution in [1.29, 1.82) is 0 Å². The number of hydrogen-bond donors (Lipinski definition) is 1. The van der Waals surface area contributed by atoms with Gasteiger partial charge in [0.2, 0.25) is 0 Å². The zero-order chi connectivity index (χ0) is 14.5. The number of halogens is 2. The minimum Gasteiger partial charge on any atom is -0.376 e.